The Kier molecular flexibility index (Phi) is 18.6. The van der Waals surface area contributed by atoms with E-state index in [1.54, 1.807) is 0 Å². The highest BCUT2D eigenvalue weighted by atomic mass is 35.5. The third-order valence-electron chi connectivity index (χ3n) is 5.03. The lowest BCUT2D eigenvalue weighted by Crippen LogP contribution is -3.00. The Morgan fingerprint density at radius 1 is 0.962 bits per heavy atom. The summed E-state index contributed by atoms with van der Waals surface area (Å²) in [5, 5.41) is 0. The topological polar surface area (TPSA) is 26.3 Å². The van der Waals surface area contributed by atoms with E-state index in [2.05, 4.69) is 34.1 Å². The summed E-state index contributed by atoms with van der Waals surface area (Å²) in [4.78, 5) is 11.6. The van der Waals surface area contributed by atoms with Crippen LogP contribution in [0.25, 0.3) is 0 Å². The van der Waals surface area contributed by atoms with Crippen molar-refractivity contribution in [2.24, 2.45) is 0 Å². The molecule has 0 saturated heterocycles. The van der Waals surface area contributed by atoms with Crippen molar-refractivity contribution in [2.45, 2.75) is 90.7 Å². The van der Waals surface area contributed by atoms with E-state index in [1.807, 2.05) is 6.08 Å². The molecule has 0 aromatic heterocycles. The van der Waals surface area contributed by atoms with Crippen molar-refractivity contribution < 1.29 is 26.4 Å². The van der Waals surface area contributed by atoms with Gasteiger partial charge in [-0.25, -0.2) is 4.79 Å². The van der Waals surface area contributed by atoms with Gasteiger partial charge >= 0.3 is 5.97 Å². The Balaban J connectivity index is 0. The number of rotatable bonds is 17. The van der Waals surface area contributed by atoms with Crippen LogP contribution in [-0.2, 0) is 9.53 Å². The number of carbonyl (C=O) groups excluding carboxylic acids is 1. The molecule has 26 heavy (non-hydrogen) atoms. The van der Waals surface area contributed by atoms with Gasteiger partial charge in [0.25, 0.3) is 0 Å². The smallest absolute Gasteiger partial charge is 0.334 e. The zero-order valence-corrected chi connectivity index (χ0v) is 18.2. The fraction of sp³-hybridized carbons (Fsp3) is 0.773. The summed E-state index contributed by atoms with van der Waals surface area (Å²) in [6, 6.07) is 0. The van der Waals surface area contributed by atoms with Crippen molar-refractivity contribution in [2.75, 3.05) is 20.1 Å². The maximum absolute atomic E-state index is 11.6. The van der Waals surface area contributed by atoms with Crippen LogP contribution in [0, 0.1) is 0 Å². The Bertz CT molecular complexity index is 373. The van der Waals surface area contributed by atoms with E-state index in [-0.39, 0.29) is 24.6 Å². The predicted molar refractivity (Wildman–Crippen MR) is 108 cm³/mol. The van der Waals surface area contributed by atoms with Crippen LogP contribution in [0.4, 0.5) is 0 Å². The van der Waals surface area contributed by atoms with Crippen LogP contribution in [-0.4, -0.2) is 36.8 Å². The Morgan fingerprint density at radius 3 is 1.88 bits per heavy atom. The molecule has 0 aliphatic rings. The van der Waals surface area contributed by atoms with Crippen LogP contribution < -0.4 is 12.4 Å². The highest BCUT2D eigenvalue weighted by Crippen LogP contribution is 2.19. The standard InChI is InChI=1S/C22H42NO2.ClH/c1-6-10-11-12-13-14-15-16-17-18-20-23(5,19-7-2)21(8-3)25-22(24)9-4;/h7,9,21H,2,4,6,8,10-20H2,1,3,5H3;1H/q+1;/p-1. The molecular weight excluding hydrogens is 346 g/mol. The molecular formula is C22H42ClNO2. The van der Waals surface area contributed by atoms with Gasteiger partial charge in [-0.05, 0) is 18.9 Å². The number of carbonyl (C=O) groups is 1. The zero-order chi connectivity index (χ0) is 19.0. The van der Waals surface area contributed by atoms with E-state index in [1.165, 1.54) is 70.3 Å². The Hall–Kier alpha value is -0.800. The van der Waals surface area contributed by atoms with Gasteiger partial charge in [-0.2, -0.15) is 0 Å². The summed E-state index contributed by atoms with van der Waals surface area (Å²) < 4.78 is 6.30. The molecule has 0 N–H and O–H groups in total. The number of nitrogens with zero attached hydrogens (tertiary/aromatic N) is 1. The Labute approximate surface area is 168 Å². The monoisotopic (exact) mass is 387 g/mol. The van der Waals surface area contributed by atoms with Gasteiger partial charge in [-0.3, -0.25) is 4.48 Å². The molecule has 0 aliphatic carbocycles. The van der Waals surface area contributed by atoms with Gasteiger partial charge in [0.2, 0.25) is 6.23 Å². The first kappa shape index (κ1) is 27.4. The third-order valence-corrected chi connectivity index (χ3v) is 5.03. The van der Waals surface area contributed by atoms with Gasteiger partial charge in [0.1, 0.15) is 0 Å². The number of hydrogen-bond donors (Lipinski definition) is 0. The molecule has 2 unspecified atom stereocenters. The summed E-state index contributed by atoms with van der Waals surface area (Å²) in [5.41, 5.74) is 0. The first-order valence-corrected chi connectivity index (χ1v) is 10.3. The highest BCUT2D eigenvalue weighted by Gasteiger charge is 2.32. The first-order valence-electron chi connectivity index (χ1n) is 10.3. The molecule has 3 nitrogen and oxygen atoms in total. The van der Waals surface area contributed by atoms with Crippen LogP contribution in [0.1, 0.15) is 84.5 Å². The number of quaternary nitrogens is 1. The molecule has 0 fully saturated rings. The van der Waals surface area contributed by atoms with Gasteiger partial charge in [0, 0.05) is 12.5 Å². The van der Waals surface area contributed by atoms with Crippen molar-refractivity contribution >= 4 is 5.97 Å². The average molecular weight is 388 g/mol. The number of halogens is 1. The second kappa shape index (κ2) is 17.6. The zero-order valence-electron chi connectivity index (χ0n) is 17.5. The molecule has 0 amide bonds. The number of ether oxygens (including phenoxy) is 1. The van der Waals surface area contributed by atoms with Crippen LogP contribution in [0.3, 0.4) is 0 Å². The van der Waals surface area contributed by atoms with Gasteiger partial charge in [0.15, 0.2) is 0 Å². The molecule has 0 radical (unpaired) electrons. The number of esters is 1. The predicted octanol–water partition coefficient (Wildman–Crippen LogP) is 3.01. The normalized spacial score (nSPS) is 14.0. The van der Waals surface area contributed by atoms with Crippen LogP contribution in [0.15, 0.2) is 25.3 Å². The minimum atomic E-state index is -0.330. The lowest BCUT2D eigenvalue weighted by Gasteiger charge is -2.39. The van der Waals surface area contributed by atoms with E-state index in [9.17, 15) is 4.79 Å². The number of hydrogen-bond acceptors (Lipinski definition) is 2. The minimum absolute atomic E-state index is 0. The van der Waals surface area contributed by atoms with Gasteiger partial charge in [0.05, 0.1) is 20.1 Å². The Morgan fingerprint density at radius 2 is 1.46 bits per heavy atom. The molecule has 0 spiro atoms. The molecule has 2 atom stereocenters. The molecule has 0 aromatic carbocycles. The summed E-state index contributed by atoms with van der Waals surface area (Å²) in [5.74, 6) is -0.330. The van der Waals surface area contributed by atoms with Gasteiger partial charge < -0.3 is 17.1 Å². The summed E-state index contributed by atoms with van der Waals surface area (Å²) >= 11 is 0. The summed E-state index contributed by atoms with van der Waals surface area (Å²) in [6.07, 6.45) is 17.2. The summed E-state index contributed by atoms with van der Waals surface area (Å²) in [6.45, 7) is 13.6. The lowest BCUT2D eigenvalue weighted by atomic mass is 10.1. The van der Waals surface area contributed by atoms with Crippen molar-refractivity contribution in [3.8, 4) is 0 Å². The fourth-order valence-corrected chi connectivity index (χ4v) is 3.44. The second-order valence-corrected chi connectivity index (χ2v) is 7.36. The third kappa shape index (κ3) is 12.5. The molecule has 0 bridgehead atoms. The van der Waals surface area contributed by atoms with Gasteiger partial charge in [-0.15, -0.1) is 0 Å². The SMILES string of the molecule is C=CC[N+](C)(CCCCCCCCCCCC)C(CC)OC(=O)C=C.[Cl-]. The second-order valence-electron chi connectivity index (χ2n) is 7.36. The highest BCUT2D eigenvalue weighted by molar-refractivity contribution is 5.81. The fourth-order valence-electron chi connectivity index (χ4n) is 3.44. The maximum Gasteiger partial charge on any atom is 0.334 e. The minimum Gasteiger partial charge on any atom is -1.00 e. The van der Waals surface area contributed by atoms with Crippen LogP contribution in [0.2, 0.25) is 0 Å². The van der Waals surface area contributed by atoms with Crippen molar-refractivity contribution in [3.05, 3.63) is 25.3 Å². The largest absolute Gasteiger partial charge is 1.00 e. The first-order chi connectivity index (χ1) is 12.0. The summed E-state index contributed by atoms with van der Waals surface area (Å²) in [7, 11) is 2.17. The average Bonchev–Trinajstić information content (AvgIpc) is 2.61. The number of unbranched alkanes of at least 4 members (excludes halogenated alkanes) is 9. The van der Waals surface area contributed by atoms with E-state index >= 15 is 0 Å². The quantitative estimate of drug-likeness (QED) is 0.0957. The van der Waals surface area contributed by atoms with E-state index in [0.29, 0.717) is 0 Å². The molecule has 0 rings (SSSR count). The molecule has 154 valence electrons. The van der Waals surface area contributed by atoms with Crippen LogP contribution >= 0.6 is 0 Å². The van der Waals surface area contributed by atoms with Crippen molar-refractivity contribution in [1.29, 1.82) is 0 Å². The molecule has 4 heteroatoms. The molecule has 0 aromatic rings. The van der Waals surface area contributed by atoms with E-state index in [0.717, 1.165) is 24.0 Å². The lowest BCUT2D eigenvalue weighted by molar-refractivity contribution is -0.947. The molecule has 0 saturated carbocycles. The van der Waals surface area contributed by atoms with E-state index < -0.39 is 0 Å². The van der Waals surface area contributed by atoms with Crippen molar-refractivity contribution in [3.63, 3.8) is 0 Å². The number of likely N-dealkylation sites (N-methyl/N-ethyl adjacent to an activating group) is 1. The maximum atomic E-state index is 11.6. The van der Waals surface area contributed by atoms with Crippen LogP contribution in [0.5, 0.6) is 0 Å². The van der Waals surface area contributed by atoms with Gasteiger partial charge in [-0.1, -0.05) is 78.4 Å². The molecule has 0 heterocycles. The van der Waals surface area contributed by atoms with Crippen molar-refractivity contribution in [1.82, 2.24) is 0 Å². The van der Waals surface area contributed by atoms with E-state index in [4.69, 9.17) is 4.74 Å². The molecule has 0 aliphatic heterocycles.